The maximum absolute atomic E-state index is 14.3. The second-order valence-corrected chi connectivity index (χ2v) is 20.5. The van der Waals surface area contributed by atoms with Crippen LogP contribution in [0.2, 0.25) is 4.34 Å². The van der Waals surface area contributed by atoms with Gasteiger partial charge in [-0.3, -0.25) is 19.8 Å². The number of thiazole rings is 1. The number of fused-ring (bicyclic) bond motifs is 2. The topological polar surface area (TPSA) is 222 Å². The molecule has 0 spiro atoms. The van der Waals surface area contributed by atoms with Crippen LogP contribution >= 0.6 is 34.7 Å². The average molecular weight is 1010 g/mol. The third-order valence-electron chi connectivity index (χ3n) is 10.2. The molecular weight excluding hydrogens is 955 g/mol. The molecule has 1 saturated heterocycles. The number of aromatic nitrogens is 3. The molecule has 0 bridgehead atoms. The van der Waals surface area contributed by atoms with Crippen LogP contribution in [-0.2, 0) is 62.6 Å². The van der Waals surface area contributed by atoms with Crippen LogP contribution < -0.4 is 19.9 Å². The molecule has 2 aliphatic heterocycles. The number of carbonyl (C=O) groups is 6. The van der Waals surface area contributed by atoms with Crippen LogP contribution in [0.5, 0.6) is 5.75 Å². The quantitative estimate of drug-likeness (QED) is 0.0254. The molecule has 3 atom stereocenters. The zero-order chi connectivity index (χ0) is 50.4. The SMILES string of the molecule is [B]OC(=O)[C@@H](C)ON=C(C(=O)NC1C(=O)N2C(C(=O)OCc3ccc(OC)cc3)=C(C[n+]3cccc4c3ccn4CCCN(C)C(=O)OC(C)(C)C)CSC12)c1nc(NC(=O)OC(C)(C)C)sc1Cl. The summed E-state index contributed by atoms with van der Waals surface area (Å²) < 4.78 is 30.1. The van der Waals surface area contributed by atoms with Crippen molar-refractivity contribution in [3.8, 4) is 5.75 Å². The number of nitrogens with one attached hydrogen (secondary N) is 2. The molecule has 69 heavy (non-hydrogen) atoms. The summed E-state index contributed by atoms with van der Waals surface area (Å²) in [5, 5.41) is 8.15. The van der Waals surface area contributed by atoms with Crippen molar-refractivity contribution in [2.75, 3.05) is 31.8 Å². The summed E-state index contributed by atoms with van der Waals surface area (Å²) in [6.45, 7) is 12.9. The average Bonchev–Trinajstić information content (AvgIpc) is 3.87. The highest BCUT2D eigenvalue weighted by atomic mass is 35.5. The second-order valence-electron chi connectivity index (χ2n) is 17.8. The summed E-state index contributed by atoms with van der Waals surface area (Å²) in [6.07, 6.45) is 1.85. The lowest BCUT2D eigenvalue weighted by atomic mass is 10.0. The number of nitrogens with zero attached hydrogens (tertiary/aromatic N) is 6. The molecule has 3 aromatic heterocycles. The van der Waals surface area contributed by atoms with Crippen LogP contribution in [0, 0.1) is 0 Å². The summed E-state index contributed by atoms with van der Waals surface area (Å²) in [5.41, 5.74) is 0.819. The van der Waals surface area contributed by atoms with Gasteiger partial charge in [0, 0.05) is 49.8 Å². The largest absolute Gasteiger partial charge is 0.541 e. The van der Waals surface area contributed by atoms with Gasteiger partial charge in [-0.1, -0.05) is 40.2 Å². The lowest BCUT2D eigenvalue weighted by Crippen LogP contribution is -2.71. The molecule has 2 N–H and O–H groups in total. The standard InChI is InChI=1S/C45H52BClN8O12S2/c1-25(39(58)66-46)67-51-32(31-35(47)69-41(49-31)50-42(60)64-44(2,3)4)36(56)48-33-37(57)55-34(40(59)63-23-26-13-15-28(62-9)16-14-26)27(24-68-38(33)55)22-54-19-10-12-29-30(54)17-21-53(29)20-11-18-52(8)43(61)65-45(5,6)7/h10,12-17,19,21,25,33,38H,11,18,20,22-24H2,1-9H3,(H-,48,49,50,56,60)/p+1/t25-,33?,38?/m1/s1. The Kier molecular flexibility index (Phi) is 16.6. The minimum atomic E-state index is -1.39. The van der Waals surface area contributed by atoms with E-state index in [0.29, 0.717) is 36.4 Å². The van der Waals surface area contributed by atoms with Crippen LogP contribution in [0.4, 0.5) is 14.7 Å². The van der Waals surface area contributed by atoms with Crippen LogP contribution in [0.15, 0.2) is 71.3 Å². The highest BCUT2D eigenvalue weighted by Gasteiger charge is 2.55. The Bertz CT molecular complexity index is 2660. The minimum absolute atomic E-state index is 0.0311. The summed E-state index contributed by atoms with van der Waals surface area (Å²) in [7, 11) is 8.25. The highest BCUT2D eigenvalue weighted by molar-refractivity contribution is 8.00. The van der Waals surface area contributed by atoms with Gasteiger partial charge in [-0.2, -0.15) is 4.57 Å². The molecule has 0 saturated carbocycles. The fraction of sp³-hybridized carbons (Fsp3) is 0.444. The number of aryl methyl sites for hydroxylation is 1. The summed E-state index contributed by atoms with van der Waals surface area (Å²) in [4.78, 5) is 92.1. The van der Waals surface area contributed by atoms with E-state index in [1.54, 1.807) is 64.1 Å². The number of β-lactam (4-membered cyclic amide) rings is 1. The number of benzene rings is 1. The van der Waals surface area contributed by atoms with Gasteiger partial charge in [-0.25, -0.2) is 24.2 Å². The summed E-state index contributed by atoms with van der Waals surface area (Å²) >= 11 is 8.63. The molecule has 1 fully saturated rings. The van der Waals surface area contributed by atoms with Crippen molar-refractivity contribution in [2.45, 2.75) is 103 Å². The van der Waals surface area contributed by atoms with Crippen molar-refractivity contribution in [1.29, 1.82) is 0 Å². The van der Waals surface area contributed by atoms with Gasteiger partial charge in [0.2, 0.25) is 11.6 Å². The van der Waals surface area contributed by atoms with E-state index < -0.39 is 70.4 Å². The molecule has 2 aliphatic rings. The predicted molar refractivity (Wildman–Crippen MR) is 256 cm³/mol. The second kappa shape index (κ2) is 22.0. The molecule has 4 aromatic rings. The van der Waals surface area contributed by atoms with E-state index in [2.05, 4.69) is 30.0 Å². The van der Waals surface area contributed by atoms with E-state index in [-0.39, 0.29) is 39.8 Å². The Labute approximate surface area is 413 Å². The van der Waals surface area contributed by atoms with Gasteiger partial charge in [0.25, 0.3) is 11.8 Å². The van der Waals surface area contributed by atoms with Crippen molar-refractivity contribution < 1.29 is 61.8 Å². The number of anilines is 1. The number of carbonyl (C=O) groups excluding carboxylic acids is 6. The molecule has 366 valence electrons. The molecule has 24 heteroatoms. The summed E-state index contributed by atoms with van der Waals surface area (Å²) in [6, 6.07) is 11.6. The molecule has 20 nitrogen and oxygen atoms in total. The number of pyridine rings is 1. The monoisotopic (exact) mass is 1010 g/mol. The van der Waals surface area contributed by atoms with Crippen molar-refractivity contribution >= 4 is 101 Å². The molecule has 5 heterocycles. The minimum Gasteiger partial charge on any atom is -0.541 e. The molecule has 4 amide bonds. The van der Waals surface area contributed by atoms with E-state index in [1.807, 2.05) is 55.9 Å². The van der Waals surface area contributed by atoms with Crippen LogP contribution in [0.1, 0.15) is 66.1 Å². The van der Waals surface area contributed by atoms with E-state index in [4.69, 9.17) is 43.4 Å². The first-order chi connectivity index (χ1) is 32.6. The smallest absolute Gasteiger partial charge is 0.413 e. The number of oxime groups is 1. The van der Waals surface area contributed by atoms with Gasteiger partial charge in [-0.05, 0) is 78.6 Å². The van der Waals surface area contributed by atoms with Crippen LogP contribution in [0.3, 0.4) is 0 Å². The lowest BCUT2D eigenvalue weighted by Gasteiger charge is -2.49. The zero-order valence-electron chi connectivity index (χ0n) is 39.5. The third kappa shape index (κ3) is 13.1. The number of ether oxygens (including phenoxy) is 4. The van der Waals surface area contributed by atoms with Crippen molar-refractivity contribution in [3.05, 3.63) is 81.7 Å². The van der Waals surface area contributed by atoms with Gasteiger partial charge >= 0.3 is 32.2 Å². The number of methoxy groups -OCH3 is 1. The number of thioether (sulfide) groups is 1. The zero-order valence-corrected chi connectivity index (χ0v) is 41.9. The first kappa shape index (κ1) is 52.1. The Morgan fingerprint density at radius 2 is 1.77 bits per heavy atom. The molecule has 2 radical (unpaired) electrons. The van der Waals surface area contributed by atoms with Gasteiger partial charge in [-0.15, -0.1) is 11.8 Å². The van der Waals surface area contributed by atoms with E-state index in [1.165, 1.54) is 23.6 Å². The number of esters is 1. The molecular formula is C45H53BClN8O12S2+. The molecule has 2 unspecified atom stereocenters. The van der Waals surface area contributed by atoms with Crippen LogP contribution in [-0.4, -0.2) is 124 Å². The maximum atomic E-state index is 14.3. The van der Waals surface area contributed by atoms with Crippen molar-refractivity contribution in [1.82, 2.24) is 24.7 Å². The normalized spacial score (nSPS) is 16.5. The fourth-order valence-corrected chi connectivity index (χ4v) is 9.33. The molecule has 0 aliphatic carbocycles. The van der Waals surface area contributed by atoms with Gasteiger partial charge < -0.3 is 43.2 Å². The number of hydrogen-bond acceptors (Lipinski definition) is 16. The fourth-order valence-electron chi connectivity index (χ4n) is 6.96. The predicted octanol–water partition coefficient (Wildman–Crippen LogP) is 5.48. The van der Waals surface area contributed by atoms with Crippen molar-refractivity contribution in [3.63, 3.8) is 0 Å². The van der Waals surface area contributed by atoms with Crippen molar-refractivity contribution in [2.24, 2.45) is 5.16 Å². The number of amides is 4. The number of halogens is 1. The Hall–Kier alpha value is -6.33. The molecule has 6 rings (SSSR count). The van der Waals surface area contributed by atoms with Gasteiger partial charge in [0.15, 0.2) is 23.6 Å². The van der Waals surface area contributed by atoms with E-state index in [0.717, 1.165) is 22.4 Å². The van der Waals surface area contributed by atoms with Gasteiger partial charge in [0.05, 0.1) is 7.11 Å². The highest BCUT2D eigenvalue weighted by Crippen LogP contribution is 2.41. The lowest BCUT2D eigenvalue weighted by molar-refractivity contribution is -0.663. The molecule has 1 aromatic carbocycles. The number of rotatable bonds is 17. The Balaban J connectivity index is 1.25. The summed E-state index contributed by atoms with van der Waals surface area (Å²) in [5.74, 6) is -2.50. The first-order valence-electron chi connectivity index (χ1n) is 21.6. The van der Waals surface area contributed by atoms with Crippen LogP contribution in [0.25, 0.3) is 11.0 Å². The Morgan fingerprint density at radius 1 is 1.06 bits per heavy atom. The van der Waals surface area contributed by atoms with E-state index >= 15 is 0 Å². The Morgan fingerprint density at radius 3 is 2.43 bits per heavy atom. The third-order valence-corrected chi connectivity index (χ3v) is 12.7. The maximum Gasteiger partial charge on any atom is 0.413 e. The first-order valence-corrected chi connectivity index (χ1v) is 23.8. The van der Waals surface area contributed by atoms with Gasteiger partial charge in [0.1, 0.15) is 56.2 Å². The van der Waals surface area contributed by atoms with E-state index in [9.17, 15) is 28.8 Å². The number of hydrogen-bond donors (Lipinski definition) is 2.